The Morgan fingerprint density at radius 2 is 1.81 bits per heavy atom. The average molecular weight is 352 g/mol. The zero-order valence-electron chi connectivity index (χ0n) is 14.8. The predicted molar refractivity (Wildman–Crippen MR) is 97.3 cm³/mol. The maximum atomic E-state index is 13.3. The lowest BCUT2D eigenvalue weighted by Gasteiger charge is -2.26. The molecule has 5 nitrogen and oxygen atoms in total. The number of likely N-dealkylation sites (tertiary alicyclic amines) is 1. The molecular formula is C20H21FN4O. The van der Waals surface area contributed by atoms with Crippen LogP contribution in [0.4, 0.5) is 4.39 Å². The van der Waals surface area contributed by atoms with Crippen molar-refractivity contribution >= 4 is 11.6 Å². The van der Waals surface area contributed by atoms with Crippen LogP contribution in [-0.4, -0.2) is 38.5 Å². The SMILES string of the molecule is Cc1ccc2nc(-c3ccc(F)cc3)c(CC(=O)N3CCCCC3)n2n1. The summed E-state index contributed by atoms with van der Waals surface area (Å²) in [5.41, 5.74) is 3.78. The van der Waals surface area contributed by atoms with Gasteiger partial charge in [-0.3, -0.25) is 4.79 Å². The second-order valence-electron chi connectivity index (χ2n) is 6.78. The molecule has 3 heterocycles. The lowest BCUT2D eigenvalue weighted by Crippen LogP contribution is -2.36. The maximum Gasteiger partial charge on any atom is 0.228 e. The Kier molecular flexibility index (Phi) is 4.41. The van der Waals surface area contributed by atoms with E-state index < -0.39 is 0 Å². The zero-order chi connectivity index (χ0) is 18.1. The first-order valence-corrected chi connectivity index (χ1v) is 9.01. The van der Waals surface area contributed by atoms with Gasteiger partial charge in [-0.25, -0.2) is 13.9 Å². The van der Waals surface area contributed by atoms with Crippen molar-refractivity contribution in [1.82, 2.24) is 19.5 Å². The molecule has 0 radical (unpaired) electrons. The number of fused-ring (bicyclic) bond motifs is 1. The number of rotatable bonds is 3. The van der Waals surface area contributed by atoms with Crippen LogP contribution in [-0.2, 0) is 11.2 Å². The summed E-state index contributed by atoms with van der Waals surface area (Å²) in [7, 11) is 0. The third kappa shape index (κ3) is 3.19. The van der Waals surface area contributed by atoms with Gasteiger partial charge in [0, 0.05) is 18.7 Å². The highest BCUT2D eigenvalue weighted by atomic mass is 19.1. The van der Waals surface area contributed by atoms with Gasteiger partial charge in [0.1, 0.15) is 5.82 Å². The smallest absolute Gasteiger partial charge is 0.228 e. The van der Waals surface area contributed by atoms with Gasteiger partial charge >= 0.3 is 0 Å². The minimum absolute atomic E-state index is 0.0955. The van der Waals surface area contributed by atoms with Crippen LogP contribution in [0.2, 0.25) is 0 Å². The zero-order valence-corrected chi connectivity index (χ0v) is 14.8. The van der Waals surface area contributed by atoms with E-state index in [0.717, 1.165) is 42.9 Å². The average Bonchev–Trinajstić information content (AvgIpc) is 3.01. The summed E-state index contributed by atoms with van der Waals surface area (Å²) in [6.45, 7) is 3.54. The third-order valence-corrected chi connectivity index (χ3v) is 4.85. The van der Waals surface area contributed by atoms with Crippen molar-refractivity contribution in [1.29, 1.82) is 0 Å². The number of amides is 1. The number of benzene rings is 1. The molecule has 0 unspecified atom stereocenters. The van der Waals surface area contributed by atoms with Gasteiger partial charge < -0.3 is 4.90 Å². The summed E-state index contributed by atoms with van der Waals surface area (Å²) < 4.78 is 15.1. The van der Waals surface area contributed by atoms with E-state index in [2.05, 4.69) is 10.1 Å². The third-order valence-electron chi connectivity index (χ3n) is 4.85. The minimum Gasteiger partial charge on any atom is -0.342 e. The van der Waals surface area contributed by atoms with E-state index in [0.29, 0.717) is 11.3 Å². The number of carbonyl (C=O) groups is 1. The Balaban J connectivity index is 1.77. The summed E-state index contributed by atoms with van der Waals surface area (Å²) in [6.07, 6.45) is 3.54. The van der Waals surface area contributed by atoms with Crippen LogP contribution >= 0.6 is 0 Å². The van der Waals surface area contributed by atoms with Crippen LogP contribution in [0.25, 0.3) is 16.9 Å². The maximum absolute atomic E-state index is 13.3. The van der Waals surface area contributed by atoms with Crippen molar-refractivity contribution in [2.45, 2.75) is 32.6 Å². The highest BCUT2D eigenvalue weighted by molar-refractivity contribution is 5.81. The molecule has 1 aromatic carbocycles. The Morgan fingerprint density at radius 3 is 2.54 bits per heavy atom. The Morgan fingerprint density at radius 1 is 1.08 bits per heavy atom. The van der Waals surface area contributed by atoms with Crippen LogP contribution in [0.5, 0.6) is 0 Å². The molecule has 0 bridgehead atoms. The fraction of sp³-hybridized carbons (Fsp3) is 0.350. The van der Waals surface area contributed by atoms with Gasteiger partial charge in [-0.05, 0) is 62.6 Å². The molecule has 0 aliphatic carbocycles. The largest absolute Gasteiger partial charge is 0.342 e. The van der Waals surface area contributed by atoms with Crippen molar-refractivity contribution in [2.75, 3.05) is 13.1 Å². The van der Waals surface area contributed by atoms with Crippen LogP contribution in [0.3, 0.4) is 0 Å². The summed E-state index contributed by atoms with van der Waals surface area (Å²) >= 11 is 0. The lowest BCUT2D eigenvalue weighted by atomic mass is 10.1. The molecule has 2 aromatic heterocycles. The molecule has 0 saturated carbocycles. The highest BCUT2D eigenvalue weighted by Gasteiger charge is 2.22. The predicted octanol–water partition coefficient (Wildman–Crippen LogP) is 3.40. The molecular weight excluding hydrogens is 331 g/mol. The van der Waals surface area contributed by atoms with Gasteiger partial charge in [0.05, 0.1) is 23.5 Å². The van der Waals surface area contributed by atoms with Crippen LogP contribution in [0, 0.1) is 12.7 Å². The Hall–Kier alpha value is -2.76. The van der Waals surface area contributed by atoms with Gasteiger partial charge in [0.25, 0.3) is 0 Å². The van der Waals surface area contributed by atoms with E-state index in [4.69, 9.17) is 0 Å². The van der Waals surface area contributed by atoms with Gasteiger partial charge in [0.2, 0.25) is 5.91 Å². The second kappa shape index (κ2) is 6.86. The number of hydrogen-bond donors (Lipinski definition) is 0. The van der Waals surface area contributed by atoms with E-state index in [1.54, 1.807) is 16.6 Å². The molecule has 0 spiro atoms. The number of aromatic nitrogens is 3. The van der Waals surface area contributed by atoms with E-state index in [1.807, 2.05) is 24.0 Å². The van der Waals surface area contributed by atoms with Crippen LogP contribution < -0.4 is 0 Å². The molecule has 4 rings (SSSR count). The highest BCUT2D eigenvalue weighted by Crippen LogP contribution is 2.25. The van der Waals surface area contributed by atoms with E-state index in [1.165, 1.54) is 18.6 Å². The summed E-state index contributed by atoms with van der Waals surface area (Å²) in [6, 6.07) is 10.00. The van der Waals surface area contributed by atoms with Crippen LogP contribution in [0.15, 0.2) is 36.4 Å². The summed E-state index contributed by atoms with van der Waals surface area (Å²) in [5.74, 6) is -0.199. The molecule has 26 heavy (non-hydrogen) atoms. The molecule has 134 valence electrons. The van der Waals surface area contributed by atoms with Gasteiger partial charge in [0.15, 0.2) is 5.65 Å². The molecule has 1 aliphatic rings. The van der Waals surface area contributed by atoms with Gasteiger partial charge in [-0.1, -0.05) is 0 Å². The lowest BCUT2D eigenvalue weighted by molar-refractivity contribution is -0.131. The Bertz CT molecular complexity index is 942. The molecule has 1 aliphatic heterocycles. The number of piperidine rings is 1. The van der Waals surface area contributed by atoms with E-state index in [9.17, 15) is 9.18 Å². The fourth-order valence-electron chi connectivity index (χ4n) is 3.47. The van der Waals surface area contributed by atoms with Crippen molar-refractivity contribution < 1.29 is 9.18 Å². The van der Waals surface area contributed by atoms with Gasteiger partial charge in [-0.2, -0.15) is 5.10 Å². The number of imidazole rings is 1. The standard InChI is InChI=1S/C20H21FN4O/c1-14-5-10-18-22-20(15-6-8-16(21)9-7-15)17(25(18)23-14)13-19(26)24-11-3-2-4-12-24/h5-10H,2-4,11-13H2,1H3. The quantitative estimate of drug-likeness (QED) is 0.726. The minimum atomic E-state index is -0.294. The molecule has 0 N–H and O–H groups in total. The van der Waals surface area contributed by atoms with Crippen molar-refractivity contribution in [3.05, 3.63) is 53.6 Å². The van der Waals surface area contributed by atoms with Crippen molar-refractivity contribution in [3.63, 3.8) is 0 Å². The molecule has 1 fully saturated rings. The first-order valence-electron chi connectivity index (χ1n) is 9.01. The summed E-state index contributed by atoms with van der Waals surface area (Å²) in [5, 5.41) is 4.55. The van der Waals surface area contributed by atoms with Gasteiger partial charge in [-0.15, -0.1) is 0 Å². The van der Waals surface area contributed by atoms with Crippen molar-refractivity contribution in [3.8, 4) is 11.3 Å². The number of carbonyl (C=O) groups excluding carboxylic acids is 1. The molecule has 1 amide bonds. The number of aryl methyl sites for hydroxylation is 1. The Labute approximate surface area is 151 Å². The monoisotopic (exact) mass is 352 g/mol. The molecule has 1 saturated heterocycles. The van der Waals surface area contributed by atoms with E-state index >= 15 is 0 Å². The topological polar surface area (TPSA) is 50.5 Å². The second-order valence-corrected chi connectivity index (χ2v) is 6.78. The normalized spacial score (nSPS) is 14.8. The van der Waals surface area contributed by atoms with Crippen LogP contribution in [0.1, 0.15) is 30.7 Å². The molecule has 6 heteroatoms. The first kappa shape index (κ1) is 16.7. The van der Waals surface area contributed by atoms with Crippen molar-refractivity contribution in [2.24, 2.45) is 0 Å². The number of hydrogen-bond acceptors (Lipinski definition) is 3. The fourth-order valence-corrected chi connectivity index (χ4v) is 3.47. The molecule has 3 aromatic rings. The summed E-state index contributed by atoms with van der Waals surface area (Å²) in [4.78, 5) is 19.4. The number of halogens is 1. The van der Waals surface area contributed by atoms with E-state index in [-0.39, 0.29) is 18.1 Å². The number of nitrogens with zero attached hydrogens (tertiary/aromatic N) is 4. The first-order chi connectivity index (χ1) is 12.6. The molecule has 0 atom stereocenters.